The summed E-state index contributed by atoms with van der Waals surface area (Å²) in [6, 6.07) is 0. The molecule has 1 aliphatic heterocycles. The lowest BCUT2D eigenvalue weighted by molar-refractivity contribution is -0.145. The summed E-state index contributed by atoms with van der Waals surface area (Å²) < 4.78 is 0. The summed E-state index contributed by atoms with van der Waals surface area (Å²) in [5.41, 5.74) is -0.0394. The van der Waals surface area contributed by atoms with Crippen LogP contribution in [0.25, 0.3) is 0 Å². The van der Waals surface area contributed by atoms with Crippen LogP contribution >= 0.6 is 12.4 Å². The van der Waals surface area contributed by atoms with E-state index in [9.17, 15) is 4.79 Å². The van der Waals surface area contributed by atoms with Crippen molar-refractivity contribution in [2.24, 2.45) is 17.3 Å². The zero-order valence-corrected chi connectivity index (χ0v) is 13.5. The van der Waals surface area contributed by atoms with Gasteiger partial charge in [-0.3, -0.25) is 4.79 Å². The Labute approximate surface area is 129 Å². The van der Waals surface area contributed by atoms with Crippen LogP contribution in [0, 0.1) is 17.3 Å². The number of fused-ring (bicyclic) bond motifs is 1. The van der Waals surface area contributed by atoms with Gasteiger partial charge in [-0.1, -0.05) is 19.8 Å². The molecule has 0 aromatic rings. The number of carbonyl (C=O) groups excluding carboxylic acids is 1. The number of hydrogen-bond donors (Lipinski definition) is 1. The lowest BCUT2D eigenvalue weighted by atomic mass is 9.67. The highest BCUT2D eigenvalue weighted by atomic mass is 35.5. The third-order valence-electron chi connectivity index (χ3n) is 5.42. The first-order valence-electron chi connectivity index (χ1n) is 8.26. The van der Waals surface area contributed by atoms with E-state index in [0.29, 0.717) is 11.8 Å². The third kappa shape index (κ3) is 2.99. The number of amides is 1. The summed E-state index contributed by atoms with van der Waals surface area (Å²) >= 11 is 0. The van der Waals surface area contributed by atoms with Crippen LogP contribution in [-0.2, 0) is 4.79 Å². The van der Waals surface area contributed by atoms with Gasteiger partial charge in [0.2, 0.25) is 5.91 Å². The molecule has 3 rings (SSSR count). The molecule has 0 spiro atoms. The first kappa shape index (κ1) is 16.1. The molecule has 20 heavy (non-hydrogen) atoms. The lowest BCUT2D eigenvalue weighted by Gasteiger charge is -2.41. The Kier molecular flexibility index (Phi) is 5.36. The summed E-state index contributed by atoms with van der Waals surface area (Å²) in [5.74, 6) is 1.89. The van der Waals surface area contributed by atoms with Gasteiger partial charge in [-0.15, -0.1) is 12.4 Å². The van der Waals surface area contributed by atoms with Gasteiger partial charge in [-0.2, -0.15) is 0 Å². The van der Waals surface area contributed by atoms with Crippen molar-refractivity contribution in [3.05, 3.63) is 0 Å². The molecule has 116 valence electrons. The van der Waals surface area contributed by atoms with Crippen molar-refractivity contribution in [1.29, 1.82) is 0 Å². The van der Waals surface area contributed by atoms with E-state index in [4.69, 9.17) is 0 Å². The lowest BCUT2D eigenvalue weighted by Crippen LogP contribution is -2.50. The van der Waals surface area contributed by atoms with Gasteiger partial charge in [0.15, 0.2) is 0 Å². The van der Waals surface area contributed by atoms with E-state index < -0.39 is 0 Å². The van der Waals surface area contributed by atoms with Crippen molar-refractivity contribution >= 4 is 18.3 Å². The SMILES string of the molecule is CCCN(CC1CC1)C(=O)[C@@]12CCCC[C@H]1CNC2.Cl. The van der Waals surface area contributed by atoms with E-state index >= 15 is 0 Å². The summed E-state index contributed by atoms with van der Waals surface area (Å²) in [7, 11) is 0. The minimum absolute atomic E-state index is 0. The molecule has 1 N–H and O–H groups in total. The predicted molar refractivity (Wildman–Crippen MR) is 84.1 cm³/mol. The second-order valence-electron chi connectivity index (χ2n) is 6.92. The molecule has 4 heteroatoms. The molecule has 1 heterocycles. The zero-order valence-electron chi connectivity index (χ0n) is 12.7. The standard InChI is InChI=1S/C16H28N2O.ClH/c1-2-9-18(11-13-6-7-13)15(19)16-8-4-3-5-14(16)10-17-12-16;/h13-14,17H,2-12H2,1H3;1H/t14-,16+;/m0./s1. The zero-order chi connectivity index (χ0) is 13.3. The predicted octanol–water partition coefficient (Wildman–Crippen LogP) is 2.84. The average molecular weight is 301 g/mol. The second-order valence-corrected chi connectivity index (χ2v) is 6.92. The Balaban J connectivity index is 0.00000147. The fourth-order valence-corrected chi connectivity index (χ4v) is 4.14. The fraction of sp³-hybridized carbons (Fsp3) is 0.938. The minimum Gasteiger partial charge on any atom is -0.342 e. The molecule has 1 amide bonds. The monoisotopic (exact) mass is 300 g/mol. The maximum absolute atomic E-state index is 13.1. The van der Waals surface area contributed by atoms with Crippen LogP contribution in [0.3, 0.4) is 0 Å². The molecule has 0 aromatic heterocycles. The van der Waals surface area contributed by atoms with Gasteiger partial charge in [0.25, 0.3) is 0 Å². The quantitative estimate of drug-likeness (QED) is 0.847. The van der Waals surface area contributed by atoms with Crippen LogP contribution in [0.2, 0.25) is 0 Å². The Morgan fingerprint density at radius 3 is 2.80 bits per heavy atom. The van der Waals surface area contributed by atoms with E-state index in [1.54, 1.807) is 0 Å². The van der Waals surface area contributed by atoms with Crippen molar-refractivity contribution in [2.75, 3.05) is 26.2 Å². The Bertz CT molecular complexity index is 345. The van der Waals surface area contributed by atoms with Gasteiger partial charge in [0.05, 0.1) is 5.41 Å². The normalized spacial score (nSPS) is 32.4. The number of rotatable bonds is 5. The van der Waals surface area contributed by atoms with E-state index in [-0.39, 0.29) is 17.8 Å². The molecule has 3 nitrogen and oxygen atoms in total. The number of carbonyl (C=O) groups is 1. The summed E-state index contributed by atoms with van der Waals surface area (Å²) in [4.78, 5) is 15.4. The largest absolute Gasteiger partial charge is 0.342 e. The van der Waals surface area contributed by atoms with Gasteiger partial charge in [0.1, 0.15) is 0 Å². The average Bonchev–Trinajstić information content (AvgIpc) is 3.13. The van der Waals surface area contributed by atoms with Crippen LogP contribution in [-0.4, -0.2) is 37.0 Å². The van der Waals surface area contributed by atoms with Gasteiger partial charge in [0, 0.05) is 19.6 Å². The van der Waals surface area contributed by atoms with Crippen LogP contribution in [0.5, 0.6) is 0 Å². The number of halogens is 1. The van der Waals surface area contributed by atoms with Crippen LogP contribution in [0.4, 0.5) is 0 Å². The van der Waals surface area contributed by atoms with E-state index in [0.717, 1.165) is 44.9 Å². The van der Waals surface area contributed by atoms with Crippen LogP contribution < -0.4 is 5.32 Å². The van der Waals surface area contributed by atoms with Crippen molar-refractivity contribution in [3.63, 3.8) is 0 Å². The van der Waals surface area contributed by atoms with Gasteiger partial charge in [-0.05, 0) is 50.5 Å². The van der Waals surface area contributed by atoms with Crippen LogP contribution in [0.15, 0.2) is 0 Å². The number of nitrogens with zero attached hydrogens (tertiary/aromatic N) is 1. The molecule has 0 aromatic carbocycles. The van der Waals surface area contributed by atoms with Crippen molar-refractivity contribution in [3.8, 4) is 0 Å². The Morgan fingerprint density at radius 1 is 1.30 bits per heavy atom. The highest BCUT2D eigenvalue weighted by Crippen LogP contribution is 2.45. The molecule has 0 radical (unpaired) electrons. The first-order chi connectivity index (χ1) is 9.26. The molecule has 0 bridgehead atoms. The second kappa shape index (κ2) is 6.65. The molecule has 1 saturated heterocycles. The molecule has 3 aliphatic rings. The first-order valence-corrected chi connectivity index (χ1v) is 8.26. The van der Waals surface area contributed by atoms with Gasteiger partial charge in [-0.25, -0.2) is 0 Å². The summed E-state index contributed by atoms with van der Waals surface area (Å²) in [6.45, 7) is 6.18. The number of nitrogens with one attached hydrogen (secondary N) is 1. The summed E-state index contributed by atoms with van der Waals surface area (Å²) in [5, 5.41) is 3.50. The third-order valence-corrected chi connectivity index (χ3v) is 5.42. The van der Waals surface area contributed by atoms with E-state index in [1.807, 2.05) is 0 Å². The van der Waals surface area contributed by atoms with E-state index in [1.165, 1.54) is 32.1 Å². The maximum atomic E-state index is 13.1. The molecule has 2 saturated carbocycles. The molecule has 2 aliphatic carbocycles. The Morgan fingerprint density at radius 2 is 2.10 bits per heavy atom. The highest BCUT2D eigenvalue weighted by molar-refractivity contribution is 5.85. The Hall–Kier alpha value is -0.280. The van der Waals surface area contributed by atoms with Gasteiger partial charge < -0.3 is 10.2 Å². The highest BCUT2D eigenvalue weighted by Gasteiger charge is 2.51. The molecular formula is C16H29ClN2O. The van der Waals surface area contributed by atoms with Crippen molar-refractivity contribution in [1.82, 2.24) is 10.2 Å². The van der Waals surface area contributed by atoms with Crippen LogP contribution in [0.1, 0.15) is 51.9 Å². The fourth-order valence-electron chi connectivity index (χ4n) is 4.14. The smallest absolute Gasteiger partial charge is 0.230 e. The molecule has 2 atom stereocenters. The molecular weight excluding hydrogens is 272 g/mol. The summed E-state index contributed by atoms with van der Waals surface area (Å²) in [6.07, 6.45) is 8.69. The van der Waals surface area contributed by atoms with Crippen molar-refractivity contribution in [2.45, 2.75) is 51.9 Å². The minimum atomic E-state index is -0.0394. The van der Waals surface area contributed by atoms with Crippen molar-refractivity contribution < 1.29 is 4.79 Å². The van der Waals surface area contributed by atoms with Gasteiger partial charge >= 0.3 is 0 Å². The molecule has 3 fully saturated rings. The topological polar surface area (TPSA) is 32.3 Å². The molecule has 0 unspecified atom stereocenters. The van der Waals surface area contributed by atoms with E-state index in [2.05, 4.69) is 17.1 Å². The maximum Gasteiger partial charge on any atom is 0.230 e. The number of hydrogen-bond acceptors (Lipinski definition) is 2.